The van der Waals surface area contributed by atoms with Crippen molar-refractivity contribution in [2.24, 2.45) is 0 Å². The number of hydrogen-bond acceptors (Lipinski definition) is 4. The highest BCUT2D eigenvalue weighted by Gasteiger charge is 2.26. The van der Waals surface area contributed by atoms with Crippen molar-refractivity contribution in [3.8, 4) is 11.1 Å². The number of fused-ring (bicyclic) bond motifs is 2. The Morgan fingerprint density at radius 3 is 2.95 bits per heavy atom. The summed E-state index contributed by atoms with van der Waals surface area (Å²) in [5.74, 6) is 1.53. The van der Waals surface area contributed by atoms with E-state index in [1.54, 1.807) is 6.33 Å². The second-order valence-corrected chi connectivity index (χ2v) is 5.76. The van der Waals surface area contributed by atoms with Gasteiger partial charge in [0, 0.05) is 40.8 Å². The number of nitrogens with zero attached hydrogens (tertiary/aromatic N) is 4. The van der Waals surface area contributed by atoms with Crippen LogP contribution in [0.3, 0.4) is 0 Å². The minimum atomic E-state index is 0.564. The fraction of sp³-hybridized carbons (Fsp3) is 0.176. The predicted molar refractivity (Wildman–Crippen MR) is 84.4 cm³/mol. The number of aromatic nitrogens is 5. The molecule has 0 spiro atoms. The molecule has 0 radical (unpaired) electrons. The van der Waals surface area contributed by atoms with Gasteiger partial charge in [-0.1, -0.05) is 6.07 Å². The van der Waals surface area contributed by atoms with E-state index in [-0.39, 0.29) is 0 Å². The summed E-state index contributed by atoms with van der Waals surface area (Å²) in [4.78, 5) is 20.8. The summed E-state index contributed by atoms with van der Waals surface area (Å²) >= 11 is 0. The van der Waals surface area contributed by atoms with Crippen LogP contribution in [0.25, 0.3) is 33.1 Å². The molecule has 0 saturated heterocycles. The molecule has 1 aliphatic rings. The van der Waals surface area contributed by atoms with E-state index in [4.69, 9.17) is 0 Å². The molecular formula is C17H13N5. The molecule has 1 aliphatic carbocycles. The van der Waals surface area contributed by atoms with Crippen LogP contribution in [0.5, 0.6) is 0 Å². The molecule has 1 saturated carbocycles. The van der Waals surface area contributed by atoms with E-state index in [1.165, 1.54) is 12.8 Å². The van der Waals surface area contributed by atoms with Crippen molar-refractivity contribution in [3.05, 3.63) is 48.9 Å². The average molecular weight is 287 g/mol. The fourth-order valence-corrected chi connectivity index (χ4v) is 2.85. The van der Waals surface area contributed by atoms with E-state index < -0.39 is 0 Å². The van der Waals surface area contributed by atoms with Crippen LogP contribution in [-0.2, 0) is 0 Å². The maximum Gasteiger partial charge on any atom is 0.141 e. The SMILES string of the molecule is c1ncc2cc(-c3c[nH]c4nc(C5CC5)ncc34)ccc2n1. The molecule has 1 N–H and O–H groups in total. The van der Waals surface area contributed by atoms with Gasteiger partial charge in [0.1, 0.15) is 17.8 Å². The van der Waals surface area contributed by atoms with Gasteiger partial charge in [-0.3, -0.25) is 0 Å². The van der Waals surface area contributed by atoms with Gasteiger partial charge in [-0.2, -0.15) is 0 Å². The van der Waals surface area contributed by atoms with E-state index in [0.29, 0.717) is 5.92 Å². The molecule has 106 valence electrons. The van der Waals surface area contributed by atoms with Crippen LogP contribution in [0.15, 0.2) is 43.1 Å². The molecule has 5 heteroatoms. The number of hydrogen-bond donors (Lipinski definition) is 1. The van der Waals surface area contributed by atoms with E-state index in [2.05, 4.69) is 37.1 Å². The molecule has 3 heterocycles. The van der Waals surface area contributed by atoms with Crippen LogP contribution in [0.4, 0.5) is 0 Å². The van der Waals surface area contributed by atoms with Gasteiger partial charge < -0.3 is 4.98 Å². The molecule has 0 unspecified atom stereocenters. The monoisotopic (exact) mass is 287 g/mol. The van der Waals surface area contributed by atoms with Gasteiger partial charge in [-0.15, -0.1) is 0 Å². The summed E-state index contributed by atoms with van der Waals surface area (Å²) < 4.78 is 0. The molecule has 5 rings (SSSR count). The van der Waals surface area contributed by atoms with Gasteiger partial charge in [-0.25, -0.2) is 19.9 Å². The maximum absolute atomic E-state index is 4.65. The average Bonchev–Trinajstić information content (AvgIpc) is 3.34. The number of nitrogens with one attached hydrogen (secondary N) is 1. The van der Waals surface area contributed by atoms with Crippen molar-refractivity contribution in [3.63, 3.8) is 0 Å². The molecule has 0 bridgehead atoms. The van der Waals surface area contributed by atoms with Gasteiger partial charge in [0.15, 0.2) is 0 Å². The predicted octanol–water partition coefficient (Wildman–Crippen LogP) is 3.45. The molecule has 0 amide bonds. The third kappa shape index (κ3) is 1.79. The molecule has 22 heavy (non-hydrogen) atoms. The smallest absolute Gasteiger partial charge is 0.141 e. The minimum Gasteiger partial charge on any atom is -0.345 e. The standard InChI is InChI=1S/C17H13N5/c1-2-10(1)16-19-8-14-13(7-20-17(14)22-16)11-3-4-15-12(5-11)6-18-9-21-15/h3-10H,1-2H2,(H,19,20,22). The third-order valence-electron chi connectivity index (χ3n) is 4.21. The topological polar surface area (TPSA) is 67.3 Å². The lowest BCUT2D eigenvalue weighted by Gasteiger charge is -2.02. The number of aromatic amines is 1. The van der Waals surface area contributed by atoms with Crippen LogP contribution >= 0.6 is 0 Å². The second-order valence-electron chi connectivity index (χ2n) is 5.76. The highest BCUT2D eigenvalue weighted by atomic mass is 15.0. The van der Waals surface area contributed by atoms with E-state index in [1.807, 2.05) is 24.7 Å². The summed E-state index contributed by atoms with van der Waals surface area (Å²) in [6.07, 6.45) is 9.77. The van der Waals surface area contributed by atoms with E-state index in [0.717, 1.165) is 38.9 Å². The van der Waals surface area contributed by atoms with Crippen molar-refractivity contribution in [1.29, 1.82) is 0 Å². The quantitative estimate of drug-likeness (QED) is 0.613. The van der Waals surface area contributed by atoms with Gasteiger partial charge in [0.25, 0.3) is 0 Å². The van der Waals surface area contributed by atoms with Crippen molar-refractivity contribution < 1.29 is 0 Å². The molecule has 0 aliphatic heterocycles. The molecule has 3 aromatic heterocycles. The minimum absolute atomic E-state index is 0.564. The summed E-state index contributed by atoms with van der Waals surface area (Å²) in [6, 6.07) is 6.20. The lowest BCUT2D eigenvalue weighted by molar-refractivity contribution is 0.943. The van der Waals surface area contributed by atoms with E-state index in [9.17, 15) is 0 Å². The highest BCUT2D eigenvalue weighted by molar-refractivity contribution is 5.95. The van der Waals surface area contributed by atoms with Crippen molar-refractivity contribution >= 4 is 21.9 Å². The maximum atomic E-state index is 4.65. The number of H-pyrrole nitrogens is 1. The van der Waals surface area contributed by atoms with Crippen LogP contribution in [0, 0.1) is 0 Å². The first-order valence-corrected chi connectivity index (χ1v) is 7.43. The van der Waals surface area contributed by atoms with Crippen molar-refractivity contribution in [1.82, 2.24) is 24.9 Å². The lowest BCUT2D eigenvalue weighted by Crippen LogP contribution is -1.91. The Hall–Kier alpha value is -2.82. The van der Waals surface area contributed by atoms with Gasteiger partial charge >= 0.3 is 0 Å². The molecule has 0 atom stereocenters. The highest BCUT2D eigenvalue weighted by Crippen LogP contribution is 2.39. The number of rotatable bonds is 2. The second kappa shape index (κ2) is 4.34. The Kier molecular flexibility index (Phi) is 2.33. The van der Waals surface area contributed by atoms with Crippen molar-refractivity contribution in [2.75, 3.05) is 0 Å². The molecule has 1 aromatic carbocycles. The van der Waals surface area contributed by atoms with Gasteiger partial charge in [0.2, 0.25) is 0 Å². The third-order valence-corrected chi connectivity index (χ3v) is 4.21. The van der Waals surface area contributed by atoms with Crippen LogP contribution in [-0.4, -0.2) is 24.9 Å². The lowest BCUT2D eigenvalue weighted by atomic mass is 10.0. The fourth-order valence-electron chi connectivity index (χ4n) is 2.85. The Morgan fingerprint density at radius 1 is 1.09 bits per heavy atom. The Morgan fingerprint density at radius 2 is 2.05 bits per heavy atom. The summed E-state index contributed by atoms with van der Waals surface area (Å²) in [5, 5.41) is 2.09. The van der Waals surface area contributed by atoms with Gasteiger partial charge in [-0.05, 0) is 30.5 Å². The Labute approximate surface area is 126 Å². The molecule has 1 fully saturated rings. The first kappa shape index (κ1) is 11.8. The largest absolute Gasteiger partial charge is 0.345 e. The zero-order chi connectivity index (χ0) is 14.5. The van der Waals surface area contributed by atoms with Gasteiger partial charge in [0.05, 0.1) is 5.52 Å². The summed E-state index contributed by atoms with van der Waals surface area (Å²) in [6.45, 7) is 0. The molecular weight excluding hydrogens is 274 g/mol. The van der Waals surface area contributed by atoms with E-state index >= 15 is 0 Å². The zero-order valence-corrected chi connectivity index (χ0v) is 11.8. The normalized spacial score (nSPS) is 14.7. The molecule has 5 nitrogen and oxygen atoms in total. The Balaban J connectivity index is 1.67. The summed E-state index contributed by atoms with van der Waals surface area (Å²) in [5.41, 5.74) is 4.10. The zero-order valence-electron chi connectivity index (χ0n) is 11.8. The van der Waals surface area contributed by atoms with Crippen molar-refractivity contribution in [2.45, 2.75) is 18.8 Å². The first-order chi connectivity index (χ1) is 10.9. The first-order valence-electron chi connectivity index (χ1n) is 7.43. The number of benzene rings is 1. The summed E-state index contributed by atoms with van der Waals surface area (Å²) in [7, 11) is 0. The van der Waals surface area contributed by atoms with Crippen LogP contribution < -0.4 is 0 Å². The molecule has 4 aromatic rings. The van der Waals surface area contributed by atoms with Crippen LogP contribution in [0.1, 0.15) is 24.6 Å². The Bertz CT molecular complexity index is 1000. The van der Waals surface area contributed by atoms with Crippen LogP contribution in [0.2, 0.25) is 0 Å².